The molecule has 0 heterocycles. The van der Waals surface area contributed by atoms with Gasteiger partial charge in [-0.05, 0) is 12.2 Å². The van der Waals surface area contributed by atoms with Crippen molar-refractivity contribution in [2.75, 3.05) is 26.1 Å². The van der Waals surface area contributed by atoms with Crippen LogP contribution in [0.5, 0.6) is 0 Å². The predicted molar refractivity (Wildman–Crippen MR) is 98.0 cm³/mol. The van der Waals surface area contributed by atoms with Gasteiger partial charge in [-0.25, -0.2) is 0 Å². The summed E-state index contributed by atoms with van der Waals surface area (Å²) in [5.41, 5.74) is 0. The number of hydrogen-bond donors (Lipinski definition) is 4. The summed E-state index contributed by atoms with van der Waals surface area (Å²) >= 11 is 24.6. The molecule has 0 aliphatic carbocycles. The van der Waals surface area contributed by atoms with E-state index in [4.69, 9.17) is 0 Å². The lowest BCUT2D eigenvalue weighted by Gasteiger charge is -2.30. The van der Waals surface area contributed by atoms with E-state index in [0.717, 1.165) is 32.5 Å². The van der Waals surface area contributed by atoms with E-state index >= 15 is 0 Å². The molecular weight excluding hydrogens is 341 g/mol. The lowest BCUT2D eigenvalue weighted by molar-refractivity contribution is 1.03. The molecule has 0 unspecified atom stereocenters. The predicted octanol–water partition coefficient (Wildman–Crippen LogP) is 4.51. The molecule has 0 nitrogen and oxygen atoms in total. The highest BCUT2D eigenvalue weighted by Gasteiger charge is 2.30. The maximum atomic E-state index is 4.31. The molecule has 0 amide bonds. The summed E-state index contributed by atoms with van der Waals surface area (Å²) in [6.07, 6.45) is 1.14. The third-order valence-electron chi connectivity index (χ3n) is 1.50. The minimum absolute atomic E-state index is 0.168. The van der Waals surface area contributed by atoms with Crippen LogP contribution in [-0.4, -0.2) is 29.5 Å². The highest BCUT2D eigenvalue weighted by molar-refractivity contribution is 8.38. The van der Waals surface area contributed by atoms with Gasteiger partial charge in [0.1, 0.15) is 3.41 Å². The van der Waals surface area contributed by atoms with Gasteiger partial charge in [0.25, 0.3) is 0 Å². The van der Waals surface area contributed by atoms with E-state index in [1.807, 2.05) is 47.0 Å². The zero-order valence-corrected chi connectivity index (χ0v) is 15.0. The van der Waals surface area contributed by atoms with E-state index in [1.165, 1.54) is 0 Å². The van der Waals surface area contributed by atoms with Crippen LogP contribution in [0.4, 0.5) is 0 Å². The Morgan fingerprint density at radius 1 is 0.733 bits per heavy atom. The van der Waals surface area contributed by atoms with Crippen molar-refractivity contribution in [3.63, 3.8) is 0 Å². The van der Waals surface area contributed by atoms with Gasteiger partial charge in [-0.2, -0.15) is 62.3 Å². The Morgan fingerprint density at radius 2 is 1.20 bits per heavy atom. The monoisotopic (exact) mass is 356 g/mol. The van der Waals surface area contributed by atoms with Gasteiger partial charge in [0.05, 0.1) is 0 Å². The summed E-state index contributed by atoms with van der Waals surface area (Å²) in [5, 5.41) is 3.41. The number of hydrogen-bond acceptors (Lipinski definition) is 8. The molecule has 0 N–H and O–H groups in total. The molecule has 0 aliphatic rings. The van der Waals surface area contributed by atoms with Crippen LogP contribution in [0.25, 0.3) is 0 Å². The van der Waals surface area contributed by atoms with E-state index in [0.29, 0.717) is 0 Å². The van der Waals surface area contributed by atoms with Crippen molar-refractivity contribution in [1.82, 2.24) is 0 Å². The first kappa shape index (κ1) is 17.8. The fraction of sp³-hybridized carbons (Fsp3) is 1.00. The Bertz CT molecular complexity index is 124. The van der Waals surface area contributed by atoms with E-state index in [9.17, 15) is 0 Å². The fourth-order valence-electron chi connectivity index (χ4n) is 0.898. The van der Waals surface area contributed by atoms with E-state index in [1.54, 1.807) is 0 Å². The molecule has 15 heavy (non-hydrogen) atoms. The van der Waals surface area contributed by atoms with Crippen molar-refractivity contribution in [3.05, 3.63) is 0 Å². The van der Waals surface area contributed by atoms with Crippen LogP contribution in [0.1, 0.15) is 6.42 Å². The molecule has 0 spiro atoms. The SMILES string of the molecule is SCSCCC(SCS)(SCS)SCS. The second kappa shape index (κ2) is 11.9. The Kier molecular flexibility index (Phi) is 14.1. The normalized spacial score (nSPS) is 12.0. The van der Waals surface area contributed by atoms with Crippen LogP contribution in [0.15, 0.2) is 0 Å². The third kappa shape index (κ3) is 8.51. The minimum Gasteiger partial charge on any atom is -0.168 e. The number of rotatable bonds is 10. The molecule has 0 aromatic rings. The van der Waals surface area contributed by atoms with Gasteiger partial charge >= 0.3 is 0 Å². The Balaban J connectivity index is 4.18. The molecule has 0 aliphatic heterocycles. The largest absolute Gasteiger partial charge is 0.168 e. The summed E-state index contributed by atoms with van der Waals surface area (Å²) in [5.74, 6) is 1.13. The zero-order chi connectivity index (χ0) is 11.6. The molecule has 0 radical (unpaired) electrons. The topological polar surface area (TPSA) is 0 Å². The van der Waals surface area contributed by atoms with Crippen LogP contribution in [0, 0.1) is 0 Å². The summed E-state index contributed by atoms with van der Waals surface area (Å²) in [7, 11) is 0. The average Bonchev–Trinajstić information content (AvgIpc) is 2.19. The highest BCUT2D eigenvalue weighted by atomic mass is 32.3. The maximum Gasteiger partial charge on any atom is 0.110 e. The molecule has 0 aromatic carbocycles. The van der Waals surface area contributed by atoms with Crippen LogP contribution in [-0.2, 0) is 0 Å². The van der Waals surface area contributed by atoms with Crippen molar-refractivity contribution in [2.24, 2.45) is 0 Å². The average molecular weight is 357 g/mol. The summed E-state index contributed by atoms with van der Waals surface area (Å²) < 4.78 is 0.168. The molecule has 0 saturated heterocycles. The van der Waals surface area contributed by atoms with Gasteiger partial charge in [-0.3, -0.25) is 0 Å². The maximum absolute atomic E-state index is 4.31. The number of thioether (sulfide) groups is 4. The Morgan fingerprint density at radius 3 is 1.53 bits per heavy atom. The van der Waals surface area contributed by atoms with Crippen molar-refractivity contribution >= 4 is 97.6 Å². The van der Waals surface area contributed by atoms with E-state index < -0.39 is 0 Å². The molecule has 8 heteroatoms. The van der Waals surface area contributed by atoms with Crippen molar-refractivity contribution < 1.29 is 0 Å². The van der Waals surface area contributed by atoms with Crippen LogP contribution < -0.4 is 0 Å². The van der Waals surface area contributed by atoms with Crippen LogP contribution in [0.3, 0.4) is 0 Å². The summed E-state index contributed by atoms with van der Waals surface area (Å²) in [6, 6.07) is 0. The highest BCUT2D eigenvalue weighted by Crippen LogP contribution is 2.51. The quantitative estimate of drug-likeness (QED) is 0.258. The summed E-state index contributed by atoms with van der Waals surface area (Å²) in [4.78, 5) is 0. The van der Waals surface area contributed by atoms with Gasteiger partial charge in [0.2, 0.25) is 0 Å². The molecular formula is C7H16S8. The van der Waals surface area contributed by atoms with Gasteiger partial charge in [-0.15, -0.1) is 35.3 Å². The minimum atomic E-state index is 0.168. The second-order valence-electron chi connectivity index (χ2n) is 2.29. The van der Waals surface area contributed by atoms with Crippen molar-refractivity contribution in [2.45, 2.75) is 9.83 Å². The molecule has 0 saturated carbocycles. The van der Waals surface area contributed by atoms with Crippen LogP contribution >= 0.6 is 97.6 Å². The molecule has 0 aromatic heterocycles. The standard InChI is InChI=1S/C7H16S8/c8-3-12-2-1-7(13-4-9,14-5-10)15-6-11/h8-11H,1-6H2. The number of thiol groups is 4. The third-order valence-corrected chi connectivity index (χ3v) is 8.32. The van der Waals surface area contributed by atoms with Crippen LogP contribution in [0.2, 0.25) is 0 Å². The molecule has 0 rings (SSSR count). The first-order chi connectivity index (χ1) is 7.24. The Labute approximate surface area is 132 Å². The smallest absolute Gasteiger partial charge is 0.110 e. The van der Waals surface area contributed by atoms with Gasteiger partial charge in [0.15, 0.2) is 0 Å². The lowest BCUT2D eigenvalue weighted by atomic mass is 10.5. The van der Waals surface area contributed by atoms with Gasteiger partial charge in [0, 0.05) is 20.3 Å². The second-order valence-corrected chi connectivity index (χ2v) is 11.0. The van der Waals surface area contributed by atoms with Gasteiger partial charge < -0.3 is 0 Å². The first-order valence-electron chi connectivity index (χ1n) is 4.17. The zero-order valence-electron chi connectivity index (χ0n) is 8.16. The van der Waals surface area contributed by atoms with Crippen molar-refractivity contribution in [3.8, 4) is 0 Å². The van der Waals surface area contributed by atoms with Gasteiger partial charge in [-0.1, -0.05) is 0 Å². The Hall–Kier alpha value is 2.80. The first-order valence-corrected chi connectivity index (χ1v) is 10.8. The van der Waals surface area contributed by atoms with E-state index in [-0.39, 0.29) is 3.41 Å². The van der Waals surface area contributed by atoms with E-state index in [2.05, 4.69) is 50.5 Å². The molecule has 0 fully saturated rings. The molecule has 0 atom stereocenters. The molecule has 92 valence electrons. The van der Waals surface area contributed by atoms with Crippen molar-refractivity contribution in [1.29, 1.82) is 0 Å². The fourth-order valence-corrected chi connectivity index (χ4v) is 9.20. The lowest BCUT2D eigenvalue weighted by Crippen LogP contribution is -2.17. The summed E-state index contributed by atoms with van der Waals surface area (Å²) in [6.45, 7) is 0. The molecule has 0 bridgehead atoms.